The Morgan fingerprint density at radius 1 is 1.50 bits per heavy atom. The maximum atomic E-state index is 11.5. The average molecular weight is 216 g/mol. The lowest BCUT2D eigenvalue weighted by molar-refractivity contribution is 0.0938. The molecule has 78 valence electrons. The predicted octanol–water partition coefficient (Wildman–Crippen LogP) is 2.59. The largest absolute Gasteiger partial charge is 0.456 e. The average Bonchev–Trinajstić information content (AvgIpc) is 2.45. The Bertz CT molecular complexity index is 342. The molecule has 1 aromatic rings. The molecule has 0 amide bonds. The number of hydrogen-bond donors (Lipinski definition) is 1. The van der Waals surface area contributed by atoms with Gasteiger partial charge in [0.15, 0.2) is 5.76 Å². The lowest BCUT2D eigenvalue weighted by Crippen LogP contribution is -2.26. The second-order valence-electron chi connectivity index (χ2n) is 3.63. The molecule has 3 nitrogen and oxygen atoms in total. The van der Waals surface area contributed by atoms with Gasteiger partial charge in [0, 0.05) is 12.0 Å². The summed E-state index contributed by atoms with van der Waals surface area (Å²) < 4.78 is 5.34. The molecule has 0 aliphatic rings. The van der Waals surface area contributed by atoms with Crippen molar-refractivity contribution in [3.8, 4) is 0 Å². The predicted molar refractivity (Wildman–Crippen MR) is 55.8 cm³/mol. The number of rotatable bonds is 3. The molecule has 0 aliphatic heterocycles. The molecular formula is C10H14ClNO2. The van der Waals surface area contributed by atoms with E-state index in [9.17, 15) is 4.79 Å². The first-order valence-corrected chi connectivity index (χ1v) is 4.90. The highest BCUT2D eigenvalue weighted by Gasteiger charge is 2.19. The smallest absolute Gasteiger partial charge is 0.214 e. The van der Waals surface area contributed by atoms with Crippen molar-refractivity contribution in [1.29, 1.82) is 0 Å². The summed E-state index contributed by atoms with van der Waals surface area (Å²) in [6.07, 6.45) is 0. The van der Waals surface area contributed by atoms with Gasteiger partial charge in [-0.15, -0.1) is 0 Å². The molecule has 1 unspecified atom stereocenters. The first-order chi connectivity index (χ1) is 6.43. The second kappa shape index (κ2) is 4.15. The fraction of sp³-hybridized carbons (Fsp3) is 0.500. The molecule has 0 saturated heterocycles. The van der Waals surface area contributed by atoms with Crippen LogP contribution in [0.4, 0.5) is 0 Å². The summed E-state index contributed by atoms with van der Waals surface area (Å²) in [6, 6.07) is 0.972. The molecule has 1 heterocycles. The zero-order valence-electron chi connectivity index (χ0n) is 8.50. The van der Waals surface area contributed by atoms with Gasteiger partial charge in [-0.25, -0.2) is 0 Å². The molecule has 0 aliphatic carbocycles. The minimum absolute atomic E-state index is 0.164. The van der Waals surface area contributed by atoms with E-state index in [0.717, 1.165) is 0 Å². The molecule has 2 N–H and O–H groups in total. The molecule has 14 heavy (non-hydrogen) atoms. The van der Waals surface area contributed by atoms with Gasteiger partial charge >= 0.3 is 0 Å². The molecule has 1 rings (SSSR count). The quantitative estimate of drug-likeness (QED) is 0.789. The third-order valence-electron chi connectivity index (χ3n) is 1.89. The maximum absolute atomic E-state index is 11.5. The third-order valence-corrected chi connectivity index (χ3v) is 2.19. The van der Waals surface area contributed by atoms with Crippen LogP contribution in [-0.4, -0.2) is 11.8 Å². The van der Waals surface area contributed by atoms with E-state index in [1.165, 1.54) is 6.07 Å². The number of hydrogen-bond acceptors (Lipinski definition) is 3. The zero-order chi connectivity index (χ0) is 10.9. The molecule has 0 radical (unpaired) electrons. The van der Waals surface area contributed by atoms with Crippen molar-refractivity contribution in [2.45, 2.75) is 32.7 Å². The molecular weight excluding hydrogens is 202 g/mol. The van der Waals surface area contributed by atoms with E-state index in [-0.39, 0.29) is 17.5 Å². The number of furan rings is 1. The second-order valence-corrected chi connectivity index (χ2v) is 4.04. The highest BCUT2D eigenvalue weighted by atomic mass is 35.5. The van der Waals surface area contributed by atoms with Crippen molar-refractivity contribution in [1.82, 2.24) is 0 Å². The molecule has 0 fully saturated rings. The van der Waals surface area contributed by atoms with Gasteiger partial charge in [0.25, 0.3) is 0 Å². The maximum Gasteiger partial charge on any atom is 0.214 e. The van der Waals surface area contributed by atoms with E-state index in [2.05, 4.69) is 0 Å². The Hall–Kier alpha value is -0.800. The number of carbonyl (C=O) groups excluding carboxylic acids is 1. The first-order valence-electron chi connectivity index (χ1n) is 4.52. The van der Waals surface area contributed by atoms with Gasteiger partial charge in [0.05, 0.1) is 11.1 Å². The standard InChI is InChI=1S/C10H14ClNO2/c1-5(2)10-7(11)4-8(14-10)9(13)6(3)12/h4-6H,12H2,1-3H3. The van der Waals surface area contributed by atoms with Gasteiger partial charge in [-0.05, 0) is 6.92 Å². The van der Waals surface area contributed by atoms with Crippen LogP contribution in [0.5, 0.6) is 0 Å². The third kappa shape index (κ3) is 2.16. The highest BCUT2D eigenvalue weighted by molar-refractivity contribution is 6.31. The fourth-order valence-electron chi connectivity index (χ4n) is 1.12. The first kappa shape index (κ1) is 11.3. The fourth-order valence-corrected chi connectivity index (χ4v) is 1.48. The monoisotopic (exact) mass is 215 g/mol. The summed E-state index contributed by atoms with van der Waals surface area (Å²) in [5.41, 5.74) is 5.45. The van der Waals surface area contributed by atoms with Gasteiger partial charge in [0.1, 0.15) is 5.76 Å². The summed E-state index contributed by atoms with van der Waals surface area (Å²) in [5, 5.41) is 0.490. The summed E-state index contributed by atoms with van der Waals surface area (Å²) in [7, 11) is 0. The summed E-state index contributed by atoms with van der Waals surface area (Å²) >= 11 is 5.90. The lowest BCUT2D eigenvalue weighted by Gasteiger charge is -2.01. The van der Waals surface area contributed by atoms with Crippen LogP contribution in [0.2, 0.25) is 5.02 Å². The van der Waals surface area contributed by atoms with Crippen molar-refractivity contribution < 1.29 is 9.21 Å². The van der Waals surface area contributed by atoms with Crippen LogP contribution in [-0.2, 0) is 0 Å². The molecule has 4 heteroatoms. The summed E-state index contributed by atoms with van der Waals surface area (Å²) in [4.78, 5) is 11.5. The topological polar surface area (TPSA) is 56.2 Å². The van der Waals surface area contributed by atoms with Crippen molar-refractivity contribution in [2.24, 2.45) is 5.73 Å². The van der Waals surface area contributed by atoms with E-state index < -0.39 is 6.04 Å². The molecule has 0 bridgehead atoms. The van der Waals surface area contributed by atoms with Crippen molar-refractivity contribution in [2.75, 3.05) is 0 Å². The van der Waals surface area contributed by atoms with E-state index in [0.29, 0.717) is 10.8 Å². The lowest BCUT2D eigenvalue weighted by atomic mass is 10.1. The van der Waals surface area contributed by atoms with Crippen LogP contribution in [0.3, 0.4) is 0 Å². The highest BCUT2D eigenvalue weighted by Crippen LogP contribution is 2.28. The molecule has 0 aromatic carbocycles. The molecule has 0 spiro atoms. The minimum Gasteiger partial charge on any atom is -0.456 e. The molecule has 1 aromatic heterocycles. The zero-order valence-corrected chi connectivity index (χ0v) is 9.26. The van der Waals surface area contributed by atoms with Crippen molar-refractivity contribution in [3.63, 3.8) is 0 Å². The van der Waals surface area contributed by atoms with Crippen LogP contribution in [0, 0.1) is 0 Å². The van der Waals surface area contributed by atoms with Crippen LogP contribution >= 0.6 is 11.6 Å². The van der Waals surface area contributed by atoms with Crippen LogP contribution in [0.15, 0.2) is 10.5 Å². The van der Waals surface area contributed by atoms with Crippen LogP contribution in [0.25, 0.3) is 0 Å². The van der Waals surface area contributed by atoms with Gasteiger partial charge in [-0.1, -0.05) is 25.4 Å². The number of nitrogens with two attached hydrogens (primary N) is 1. The Balaban J connectivity index is 3.02. The molecule has 0 saturated carbocycles. The van der Waals surface area contributed by atoms with Crippen LogP contribution in [0.1, 0.15) is 43.0 Å². The number of carbonyl (C=O) groups is 1. The van der Waals surface area contributed by atoms with Crippen LogP contribution < -0.4 is 5.73 Å². The Morgan fingerprint density at radius 3 is 2.43 bits per heavy atom. The van der Waals surface area contributed by atoms with E-state index >= 15 is 0 Å². The minimum atomic E-state index is -0.558. The number of ketones is 1. The van der Waals surface area contributed by atoms with Crippen molar-refractivity contribution in [3.05, 3.63) is 22.6 Å². The van der Waals surface area contributed by atoms with Gasteiger partial charge in [0.2, 0.25) is 5.78 Å². The Morgan fingerprint density at radius 2 is 2.07 bits per heavy atom. The van der Waals surface area contributed by atoms with Gasteiger partial charge in [-0.2, -0.15) is 0 Å². The Labute approximate surface area is 88.2 Å². The van der Waals surface area contributed by atoms with Gasteiger partial charge in [-0.3, -0.25) is 4.79 Å². The SMILES string of the molecule is CC(N)C(=O)c1cc(Cl)c(C(C)C)o1. The van der Waals surface area contributed by atoms with E-state index in [1.54, 1.807) is 6.92 Å². The van der Waals surface area contributed by atoms with E-state index in [4.69, 9.17) is 21.8 Å². The number of halogens is 1. The Kier molecular flexibility index (Phi) is 3.34. The summed E-state index contributed by atoms with van der Waals surface area (Å²) in [6.45, 7) is 5.52. The van der Waals surface area contributed by atoms with E-state index in [1.807, 2.05) is 13.8 Å². The van der Waals surface area contributed by atoms with Gasteiger partial charge < -0.3 is 10.2 Å². The van der Waals surface area contributed by atoms with Crippen molar-refractivity contribution >= 4 is 17.4 Å². The summed E-state index contributed by atoms with van der Waals surface area (Å²) in [5.74, 6) is 0.820. The number of Topliss-reactive ketones (excluding diaryl/α,β-unsaturated/α-hetero) is 1. The normalized spacial score (nSPS) is 13.3. The molecule has 1 atom stereocenters.